The summed E-state index contributed by atoms with van der Waals surface area (Å²) in [6, 6.07) is -0.330. The summed E-state index contributed by atoms with van der Waals surface area (Å²) in [5.74, 6) is 5.25. The van der Waals surface area contributed by atoms with Gasteiger partial charge in [-0.1, -0.05) is 19.8 Å². The summed E-state index contributed by atoms with van der Waals surface area (Å²) in [5.41, 5.74) is 6.56. The van der Waals surface area contributed by atoms with E-state index in [0.29, 0.717) is 13.1 Å². The molecule has 2 aliphatic heterocycles. The Morgan fingerprint density at radius 1 is 1.31 bits per heavy atom. The lowest BCUT2D eigenvalue weighted by Crippen LogP contribution is -2.45. The number of aromatic nitrogens is 4. The predicted octanol–water partition coefficient (Wildman–Crippen LogP) is -0.821. The highest BCUT2D eigenvalue weighted by Gasteiger charge is 2.47. The molecule has 36 heavy (non-hydrogen) atoms. The molecule has 4 rings (SSSR count). The largest absolute Gasteiger partial charge is 0.468 e. The number of anilines is 1. The maximum Gasteiger partial charge on any atom is 0.323 e. The molecule has 2 aromatic rings. The number of piperidine rings is 1. The summed E-state index contributed by atoms with van der Waals surface area (Å²) >= 11 is 0. The maximum atomic E-state index is 12.2. The minimum Gasteiger partial charge on any atom is -0.468 e. The smallest absolute Gasteiger partial charge is 0.323 e. The van der Waals surface area contributed by atoms with Crippen molar-refractivity contribution in [2.24, 2.45) is 0 Å². The molecule has 0 aromatic carbocycles. The number of aliphatic hydroxyl groups excluding tert-OH is 2. The van der Waals surface area contributed by atoms with Crippen LogP contribution in [0.3, 0.4) is 0 Å². The van der Waals surface area contributed by atoms with Crippen LogP contribution < -0.4 is 11.1 Å². The fourth-order valence-electron chi connectivity index (χ4n) is 4.36. The van der Waals surface area contributed by atoms with Crippen LogP contribution in [0.1, 0.15) is 45.7 Å². The van der Waals surface area contributed by atoms with Crippen molar-refractivity contribution in [1.82, 2.24) is 29.7 Å². The number of nitrogens with one attached hydrogen (secondary N) is 1. The van der Waals surface area contributed by atoms with Crippen LogP contribution in [0.25, 0.3) is 11.2 Å². The van der Waals surface area contributed by atoms with Gasteiger partial charge in [0.05, 0.1) is 20.0 Å². The SMILES string of the molecule is C.CCNC(=O)[C@H]1O[C@@H](n2cnc3c(N)nc(C#CCN4CCCCC4C(=O)OC)nc32)[C@@H](O)C1O. The molecule has 0 radical (unpaired) electrons. The monoisotopic (exact) mass is 503 g/mol. The molecule has 0 spiro atoms. The average Bonchev–Trinajstić information content (AvgIpc) is 3.40. The zero-order chi connectivity index (χ0) is 25.1. The van der Waals surface area contributed by atoms with Gasteiger partial charge in [0.25, 0.3) is 5.91 Å². The lowest BCUT2D eigenvalue weighted by atomic mass is 10.0. The number of amides is 1. The number of nitrogen functional groups attached to an aromatic ring is 1. The van der Waals surface area contributed by atoms with Crippen LogP contribution >= 0.6 is 0 Å². The highest BCUT2D eigenvalue weighted by molar-refractivity contribution is 5.83. The van der Waals surface area contributed by atoms with Crippen molar-refractivity contribution in [1.29, 1.82) is 0 Å². The Morgan fingerprint density at radius 2 is 2.08 bits per heavy atom. The average molecular weight is 504 g/mol. The Kier molecular flexibility index (Phi) is 8.80. The number of ether oxygens (including phenoxy) is 2. The highest BCUT2D eigenvalue weighted by Crippen LogP contribution is 2.32. The molecule has 0 aliphatic carbocycles. The number of likely N-dealkylation sites (N-methyl/N-ethyl adjacent to an activating group) is 1. The summed E-state index contributed by atoms with van der Waals surface area (Å²) in [5, 5.41) is 23.4. The van der Waals surface area contributed by atoms with Crippen molar-refractivity contribution in [3.63, 3.8) is 0 Å². The summed E-state index contributed by atoms with van der Waals surface area (Å²) < 4.78 is 12.0. The number of esters is 1. The number of carbonyl (C=O) groups is 2. The Bertz CT molecular complexity index is 1160. The molecular formula is C23H33N7O6. The second kappa shape index (κ2) is 11.6. The van der Waals surface area contributed by atoms with Gasteiger partial charge in [0, 0.05) is 6.54 Å². The number of carbonyl (C=O) groups excluding carboxylic acids is 2. The molecule has 5 N–H and O–H groups in total. The standard InChI is InChI=1S/C22H29N7O6.CH4/c1-3-24-20(32)17-15(30)16(31)21(35-17)29-11-25-14-18(23)26-13(27-19(14)29)8-6-10-28-9-5-4-7-12(28)22(33)34-2;/h11-12,15-17,21,30-31H,3-5,7,9-10H2,1-2H3,(H,24,32)(H2,23,26,27);1H4/t12?,15?,16-,17-,21+;/m0./s1. The second-order valence-corrected chi connectivity index (χ2v) is 8.39. The number of rotatable bonds is 5. The number of nitrogens with zero attached hydrogens (tertiary/aromatic N) is 5. The van der Waals surface area contributed by atoms with Crippen molar-refractivity contribution in [3.8, 4) is 11.8 Å². The van der Waals surface area contributed by atoms with E-state index in [1.165, 1.54) is 18.0 Å². The first kappa shape index (κ1) is 27.3. The van der Waals surface area contributed by atoms with Crippen LogP contribution in [0, 0.1) is 11.8 Å². The molecular weight excluding hydrogens is 470 g/mol. The van der Waals surface area contributed by atoms with Crippen LogP contribution in [-0.4, -0.2) is 97.6 Å². The zero-order valence-electron chi connectivity index (χ0n) is 19.5. The Balaban J connectivity index is 0.00000361. The molecule has 1 amide bonds. The molecule has 0 saturated carbocycles. The molecule has 0 bridgehead atoms. The summed E-state index contributed by atoms with van der Waals surface area (Å²) in [7, 11) is 1.37. The first-order valence-electron chi connectivity index (χ1n) is 11.5. The van der Waals surface area contributed by atoms with Gasteiger partial charge in [-0.15, -0.1) is 0 Å². The number of hydrogen-bond acceptors (Lipinski definition) is 11. The van der Waals surface area contributed by atoms with Crippen LogP contribution in [0.2, 0.25) is 0 Å². The molecule has 5 atom stereocenters. The molecule has 196 valence electrons. The first-order chi connectivity index (χ1) is 16.8. The van der Waals surface area contributed by atoms with Crippen molar-refractivity contribution in [2.75, 3.05) is 32.5 Å². The van der Waals surface area contributed by atoms with E-state index < -0.39 is 30.4 Å². The number of nitrogens with two attached hydrogens (primary N) is 1. The van der Waals surface area contributed by atoms with Crippen LogP contribution in [0.5, 0.6) is 0 Å². The summed E-state index contributed by atoms with van der Waals surface area (Å²) in [6.45, 7) is 3.14. The zero-order valence-corrected chi connectivity index (χ0v) is 19.5. The van der Waals surface area contributed by atoms with E-state index in [-0.39, 0.29) is 42.2 Å². The van der Waals surface area contributed by atoms with Gasteiger partial charge in [0.15, 0.2) is 23.8 Å². The highest BCUT2D eigenvalue weighted by atomic mass is 16.6. The Morgan fingerprint density at radius 3 is 2.81 bits per heavy atom. The van der Waals surface area contributed by atoms with Gasteiger partial charge >= 0.3 is 5.97 Å². The molecule has 2 aliphatic rings. The minimum absolute atomic E-state index is 0. The van der Waals surface area contributed by atoms with Crippen molar-refractivity contribution in [2.45, 2.75) is 64.2 Å². The van der Waals surface area contributed by atoms with E-state index in [4.69, 9.17) is 15.2 Å². The molecule has 2 saturated heterocycles. The van der Waals surface area contributed by atoms with E-state index >= 15 is 0 Å². The lowest BCUT2D eigenvalue weighted by molar-refractivity contribution is -0.148. The number of methoxy groups -OCH3 is 1. The molecule has 4 heterocycles. The number of likely N-dealkylation sites (tertiary alicyclic amines) is 1. The fourth-order valence-corrected chi connectivity index (χ4v) is 4.36. The van der Waals surface area contributed by atoms with Gasteiger partial charge in [0.1, 0.15) is 23.8 Å². The predicted molar refractivity (Wildman–Crippen MR) is 129 cm³/mol. The third-order valence-electron chi connectivity index (χ3n) is 6.14. The number of fused-ring (bicyclic) bond motifs is 1. The van der Waals surface area contributed by atoms with Gasteiger partial charge in [-0.3, -0.25) is 19.1 Å². The van der Waals surface area contributed by atoms with Crippen molar-refractivity contribution in [3.05, 3.63) is 12.2 Å². The van der Waals surface area contributed by atoms with Crippen molar-refractivity contribution >= 4 is 28.9 Å². The van der Waals surface area contributed by atoms with E-state index in [1.54, 1.807) is 6.92 Å². The van der Waals surface area contributed by atoms with Gasteiger partial charge in [-0.05, 0) is 32.2 Å². The van der Waals surface area contributed by atoms with Crippen LogP contribution in [0.15, 0.2) is 6.33 Å². The molecule has 13 heteroatoms. The van der Waals surface area contributed by atoms with Crippen LogP contribution in [-0.2, 0) is 19.1 Å². The van der Waals surface area contributed by atoms with E-state index in [2.05, 4.69) is 32.1 Å². The van der Waals surface area contributed by atoms with Gasteiger partial charge in [0.2, 0.25) is 5.82 Å². The van der Waals surface area contributed by atoms with Gasteiger partial charge < -0.3 is 30.7 Å². The van der Waals surface area contributed by atoms with E-state index in [1.807, 2.05) is 4.90 Å². The van der Waals surface area contributed by atoms with E-state index in [9.17, 15) is 19.8 Å². The number of aliphatic hydroxyl groups is 2. The Hall–Kier alpha value is -3.31. The fraction of sp³-hybridized carbons (Fsp3) is 0.609. The molecule has 13 nitrogen and oxygen atoms in total. The number of hydrogen-bond donors (Lipinski definition) is 4. The third kappa shape index (κ3) is 5.26. The van der Waals surface area contributed by atoms with Crippen molar-refractivity contribution < 1.29 is 29.3 Å². The quantitative estimate of drug-likeness (QED) is 0.296. The number of imidazole rings is 1. The first-order valence-corrected chi connectivity index (χ1v) is 11.5. The topological polar surface area (TPSA) is 178 Å². The second-order valence-electron chi connectivity index (χ2n) is 8.39. The summed E-state index contributed by atoms with van der Waals surface area (Å²) in [6.07, 6.45) is -1.22. The minimum atomic E-state index is -1.44. The molecule has 2 fully saturated rings. The summed E-state index contributed by atoms with van der Waals surface area (Å²) in [4.78, 5) is 39.0. The third-order valence-corrected chi connectivity index (χ3v) is 6.14. The molecule has 2 aromatic heterocycles. The van der Waals surface area contributed by atoms with E-state index in [0.717, 1.165) is 25.8 Å². The maximum absolute atomic E-state index is 12.2. The Labute approximate surface area is 209 Å². The van der Waals surface area contributed by atoms with Gasteiger partial charge in [-0.25, -0.2) is 15.0 Å². The lowest BCUT2D eigenvalue weighted by Gasteiger charge is -2.31. The van der Waals surface area contributed by atoms with Gasteiger partial charge in [-0.2, -0.15) is 0 Å². The normalized spacial score (nSPS) is 26.1. The molecule has 2 unspecified atom stereocenters. The van der Waals surface area contributed by atoms with Crippen LogP contribution in [0.4, 0.5) is 5.82 Å².